The van der Waals surface area contributed by atoms with Crippen molar-refractivity contribution in [2.24, 2.45) is 0 Å². The van der Waals surface area contributed by atoms with Crippen LogP contribution >= 0.6 is 0 Å². The maximum atomic E-state index is 12.0. The van der Waals surface area contributed by atoms with Crippen molar-refractivity contribution >= 4 is 16.8 Å². The smallest absolute Gasteiger partial charge is 0.267 e. The Bertz CT molecular complexity index is 689. The fourth-order valence-corrected chi connectivity index (χ4v) is 1.81. The number of nitrogens with one attached hydrogen (secondary N) is 2. The van der Waals surface area contributed by atoms with E-state index in [0.29, 0.717) is 17.3 Å². The number of rotatable bonds is 4. The minimum absolute atomic E-state index is 0.136. The van der Waals surface area contributed by atoms with Gasteiger partial charge in [0.25, 0.3) is 5.91 Å². The molecule has 3 N–H and O–H groups in total. The number of H-pyrrole nitrogens is 1. The first-order valence-corrected chi connectivity index (χ1v) is 6.55. The van der Waals surface area contributed by atoms with Gasteiger partial charge in [-0.15, -0.1) is 0 Å². The Morgan fingerprint density at radius 2 is 2.10 bits per heavy atom. The molecule has 5 nitrogen and oxygen atoms in total. The lowest BCUT2D eigenvalue weighted by Crippen LogP contribution is -2.40. The number of aromatic amines is 1. The van der Waals surface area contributed by atoms with Crippen molar-refractivity contribution in [1.29, 1.82) is 0 Å². The van der Waals surface area contributed by atoms with Gasteiger partial charge in [0.15, 0.2) is 5.43 Å². The summed E-state index contributed by atoms with van der Waals surface area (Å²) in [5.74, 6) is -0.401. The van der Waals surface area contributed by atoms with Gasteiger partial charge in [0.2, 0.25) is 0 Å². The van der Waals surface area contributed by atoms with Gasteiger partial charge in [-0.1, -0.05) is 19.1 Å². The minimum Gasteiger partial charge on any atom is -0.388 e. The predicted octanol–water partition coefficient (Wildman–Crippen LogP) is 1.42. The number of hydrogen-bond acceptors (Lipinski definition) is 3. The molecule has 1 unspecified atom stereocenters. The molecule has 1 amide bonds. The topological polar surface area (TPSA) is 82.2 Å². The molecule has 1 heterocycles. The van der Waals surface area contributed by atoms with E-state index in [9.17, 15) is 14.7 Å². The lowest BCUT2D eigenvalue weighted by atomic mass is 10.0. The fourth-order valence-electron chi connectivity index (χ4n) is 1.81. The summed E-state index contributed by atoms with van der Waals surface area (Å²) in [5, 5.41) is 13.0. The van der Waals surface area contributed by atoms with E-state index in [-0.39, 0.29) is 17.7 Å². The van der Waals surface area contributed by atoms with Crippen molar-refractivity contribution in [3.8, 4) is 0 Å². The quantitative estimate of drug-likeness (QED) is 0.788. The zero-order valence-corrected chi connectivity index (χ0v) is 11.6. The Labute approximate surface area is 116 Å². The molecule has 20 heavy (non-hydrogen) atoms. The maximum absolute atomic E-state index is 12.0. The molecule has 1 atom stereocenters. The second-order valence-electron chi connectivity index (χ2n) is 5.13. The van der Waals surface area contributed by atoms with Crippen LogP contribution in [0.3, 0.4) is 0 Å². The highest BCUT2D eigenvalue weighted by Crippen LogP contribution is 2.09. The number of aromatic nitrogens is 1. The van der Waals surface area contributed by atoms with Crippen LogP contribution in [0.2, 0.25) is 0 Å². The molecule has 0 saturated carbocycles. The molecule has 106 valence electrons. The first-order valence-electron chi connectivity index (χ1n) is 6.55. The SMILES string of the molecule is CCC(C)(O)CNC(=O)c1cc(=O)c2ccccc2[nH]1. The number of carbonyl (C=O) groups is 1. The van der Waals surface area contributed by atoms with Gasteiger partial charge in [-0.2, -0.15) is 0 Å². The van der Waals surface area contributed by atoms with Gasteiger partial charge in [-0.05, 0) is 25.5 Å². The Morgan fingerprint density at radius 1 is 1.40 bits per heavy atom. The van der Waals surface area contributed by atoms with E-state index in [1.54, 1.807) is 31.2 Å². The Kier molecular flexibility index (Phi) is 3.90. The molecule has 0 fully saturated rings. The van der Waals surface area contributed by atoms with Gasteiger partial charge >= 0.3 is 0 Å². The van der Waals surface area contributed by atoms with Gasteiger partial charge in [0, 0.05) is 23.5 Å². The molecule has 0 spiro atoms. The van der Waals surface area contributed by atoms with Crippen molar-refractivity contribution < 1.29 is 9.90 Å². The summed E-state index contributed by atoms with van der Waals surface area (Å²) in [6.07, 6.45) is 0.529. The third-order valence-electron chi connectivity index (χ3n) is 3.37. The van der Waals surface area contributed by atoms with Gasteiger partial charge in [0.1, 0.15) is 5.69 Å². The van der Waals surface area contributed by atoms with Crippen LogP contribution in [-0.4, -0.2) is 28.1 Å². The van der Waals surface area contributed by atoms with Crippen LogP contribution in [0.15, 0.2) is 35.1 Å². The van der Waals surface area contributed by atoms with E-state index in [4.69, 9.17) is 0 Å². The summed E-state index contributed by atoms with van der Waals surface area (Å²) in [5.41, 5.74) is -0.341. The van der Waals surface area contributed by atoms with Gasteiger partial charge < -0.3 is 15.4 Å². The van der Waals surface area contributed by atoms with Crippen LogP contribution in [0.4, 0.5) is 0 Å². The zero-order valence-electron chi connectivity index (χ0n) is 11.6. The van der Waals surface area contributed by atoms with Crippen molar-refractivity contribution in [3.05, 3.63) is 46.2 Å². The van der Waals surface area contributed by atoms with Crippen molar-refractivity contribution in [2.45, 2.75) is 25.9 Å². The Hall–Kier alpha value is -2.14. The number of hydrogen-bond donors (Lipinski definition) is 3. The molecule has 1 aromatic carbocycles. The number of pyridine rings is 1. The Morgan fingerprint density at radius 3 is 2.80 bits per heavy atom. The molecular weight excluding hydrogens is 256 g/mol. The standard InChI is InChI=1S/C15H18N2O3/c1-3-15(2,20)9-16-14(19)12-8-13(18)10-6-4-5-7-11(10)17-12/h4-8,20H,3,9H2,1-2H3,(H,16,19)(H,17,18). The molecule has 0 radical (unpaired) electrons. The summed E-state index contributed by atoms with van der Waals surface area (Å²) in [7, 11) is 0. The van der Waals surface area contributed by atoms with E-state index >= 15 is 0 Å². The molecule has 0 bridgehead atoms. The highest BCUT2D eigenvalue weighted by Gasteiger charge is 2.19. The largest absolute Gasteiger partial charge is 0.388 e. The summed E-state index contributed by atoms with van der Waals surface area (Å²) in [4.78, 5) is 26.9. The van der Waals surface area contributed by atoms with Crippen LogP contribution < -0.4 is 10.7 Å². The lowest BCUT2D eigenvalue weighted by Gasteiger charge is -2.21. The summed E-state index contributed by atoms with van der Waals surface area (Å²) in [6, 6.07) is 8.30. The van der Waals surface area contributed by atoms with Gasteiger partial charge in [0.05, 0.1) is 5.60 Å². The van der Waals surface area contributed by atoms with Crippen LogP contribution in [0.25, 0.3) is 10.9 Å². The number of amides is 1. The van der Waals surface area contributed by atoms with E-state index < -0.39 is 11.5 Å². The van der Waals surface area contributed by atoms with Gasteiger partial charge in [-0.25, -0.2) is 0 Å². The van der Waals surface area contributed by atoms with Crippen LogP contribution in [0, 0.1) is 0 Å². The predicted molar refractivity (Wildman–Crippen MR) is 77.8 cm³/mol. The number of aliphatic hydroxyl groups is 1. The molecule has 0 aliphatic rings. The Balaban J connectivity index is 2.25. The molecule has 2 aromatic rings. The van der Waals surface area contributed by atoms with Crippen LogP contribution in [0.5, 0.6) is 0 Å². The first kappa shape index (κ1) is 14.3. The number of fused-ring (bicyclic) bond motifs is 1. The molecule has 2 rings (SSSR count). The van der Waals surface area contributed by atoms with Crippen molar-refractivity contribution in [1.82, 2.24) is 10.3 Å². The minimum atomic E-state index is -0.952. The van der Waals surface area contributed by atoms with Crippen molar-refractivity contribution in [2.75, 3.05) is 6.54 Å². The van der Waals surface area contributed by atoms with Crippen molar-refractivity contribution in [3.63, 3.8) is 0 Å². The van der Waals surface area contributed by atoms with Crippen LogP contribution in [0.1, 0.15) is 30.8 Å². The molecule has 5 heteroatoms. The normalized spacial score (nSPS) is 13.9. The maximum Gasteiger partial charge on any atom is 0.267 e. The number of benzene rings is 1. The highest BCUT2D eigenvalue weighted by atomic mass is 16.3. The average Bonchev–Trinajstić information content (AvgIpc) is 2.45. The number of para-hydroxylation sites is 1. The summed E-state index contributed by atoms with van der Waals surface area (Å²) >= 11 is 0. The van der Waals surface area contributed by atoms with E-state index in [1.807, 2.05) is 6.92 Å². The molecule has 1 aromatic heterocycles. The third-order valence-corrected chi connectivity index (χ3v) is 3.37. The third kappa shape index (κ3) is 3.05. The van der Waals surface area contributed by atoms with E-state index in [1.165, 1.54) is 6.07 Å². The molecule has 0 aliphatic carbocycles. The average molecular weight is 274 g/mol. The van der Waals surface area contributed by atoms with E-state index in [2.05, 4.69) is 10.3 Å². The van der Waals surface area contributed by atoms with E-state index in [0.717, 1.165) is 0 Å². The number of carbonyl (C=O) groups excluding carboxylic acids is 1. The fraction of sp³-hybridized carbons (Fsp3) is 0.333. The molecular formula is C15H18N2O3. The lowest BCUT2D eigenvalue weighted by molar-refractivity contribution is 0.0517. The van der Waals surface area contributed by atoms with Crippen LogP contribution in [-0.2, 0) is 0 Å². The highest BCUT2D eigenvalue weighted by molar-refractivity contribution is 5.94. The molecule has 0 aliphatic heterocycles. The molecule has 0 saturated heterocycles. The second kappa shape index (κ2) is 5.46. The summed E-state index contributed by atoms with van der Waals surface area (Å²) < 4.78 is 0. The second-order valence-corrected chi connectivity index (χ2v) is 5.13. The van der Waals surface area contributed by atoms with Gasteiger partial charge in [-0.3, -0.25) is 9.59 Å². The zero-order chi connectivity index (χ0) is 14.8. The summed E-state index contributed by atoms with van der Waals surface area (Å²) in [6.45, 7) is 3.62. The monoisotopic (exact) mass is 274 g/mol. The first-order chi connectivity index (χ1) is 9.43.